The Labute approximate surface area is 108 Å². The van der Waals surface area contributed by atoms with E-state index >= 15 is 0 Å². The molecule has 0 saturated carbocycles. The summed E-state index contributed by atoms with van der Waals surface area (Å²) in [6.45, 7) is 2.02. The van der Waals surface area contributed by atoms with Gasteiger partial charge >= 0.3 is 0 Å². The Balaban J connectivity index is 2.10. The fourth-order valence-electron chi connectivity index (χ4n) is 2.21. The van der Waals surface area contributed by atoms with Crippen LogP contribution in [-0.2, 0) is 0 Å². The van der Waals surface area contributed by atoms with Gasteiger partial charge in [-0.25, -0.2) is 9.97 Å². The second kappa shape index (κ2) is 4.40. The molecule has 3 heterocycles. The second-order valence-corrected chi connectivity index (χ2v) is 4.78. The van der Waals surface area contributed by atoms with Gasteiger partial charge in [0, 0.05) is 6.04 Å². The molecule has 0 aliphatic carbocycles. The maximum absolute atomic E-state index is 5.99. The molecule has 17 heavy (non-hydrogen) atoms. The lowest BCUT2D eigenvalue weighted by molar-refractivity contribution is 0.373. The molecule has 1 N–H and O–H groups in total. The van der Waals surface area contributed by atoms with Crippen LogP contribution in [0, 0.1) is 0 Å². The normalized spacial score (nSPS) is 17.8. The largest absolute Gasteiger partial charge is 0.317 e. The van der Waals surface area contributed by atoms with E-state index in [2.05, 4.69) is 24.8 Å². The van der Waals surface area contributed by atoms with Crippen LogP contribution in [0.25, 0.3) is 11.2 Å². The minimum absolute atomic E-state index is 0.165. The van der Waals surface area contributed by atoms with E-state index in [0.29, 0.717) is 16.7 Å². The Bertz CT molecular complexity index is 547. The molecule has 0 radical (unpaired) electrons. The number of aromatic nitrogens is 4. The number of rotatable bonds is 1. The molecule has 0 bridgehead atoms. The molecule has 2 aromatic heterocycles. The summed E-state index contributed by atoms with van der Waals surface area (Å²) >= 11 is 11.8. The summed E-state index contributed by atoms with van der Waals surface area (Å²) in [5, 5.41) is 3.81. The first-order valence-corrected chi connectivity index (χ1v) is 6.27. The van der Waals surface area contributed by atoms with Gasteiger partial charge in [0.25, 0.3) is 0 Å². The van der Waals surface area contributed by atoms with Crippen LogP contribution in [0.4, 0.5) is 0 Å². The number of halogens is 2. The standard InChI is InChI=1S/C10H11Cl2N5/c11-8-7-9(16-10(12)15-8)17(5-14-7)6-1-3-13-4-2-6/h5-6,13H,1-4H2. The van der Waals surface area contributed by atoms with Gasteiger partial charge in [-0.05, 0) is 37.5 Å². The molecular formula is C10H11Cl2N5. The van der Waals surface area contributed by atoms with E-state index in [1.807, 2.05) is 0 Å². The lowest BCUT2D eigenvalue weighted by Gasteiger charge is -2.23. The van der Waals surface area contributed by atoms with Crippen LogP contribution in [-0.4, -0.2) is 32.6 Å². The number of hydrogen-bond donors (Lipinski definition) is 1. The van der Waals surface area contributed by atoms with Gasteiger partial charge in [0.1, 0.15) is 5.52 Å². The van der Waals surface area contributed by atoms with Crippen molar-refractivity contribution in [2.24, 2.45) is 0 Å². The molecule has 1 aliphatic heterocycles. The Morgan fingerprint density at radius 1 is 1.24 bits per heavy atom. The first-order valence-electron chi connectivity index (χ1n) is 5.52. The molecule has 0 unspecified atom stereocenters. The van der Waals surface area contributed by atoms with Crippen molar-refractivity contribution in [1.29, 1.82) is 0 Å². The highest BCUT2D eigenvalue weighted by atomic mass is 35.5. The van der Waals surface area contributed by atoms with Crippen LogP contribution in [0.1, 0.15) is 18.9 Å². The van der Waals surface area contributed by atoms with E-state index in [1.54, 1.807) is 6.33 Å². The zero-order valence-electron chi connectivity index (χ0n) is 9.03. The zero-order chi connectivity index (χ0) is 11.8. The number of hydrogen-bond acceptors (Lipinski definition) is 4. The van der Waals surface area contributed by atoms with Gasteiger partial charge in [-0.15, -0.1) is 0 Å². The van der Waals surface area contributed by atoms with E-state index in [4.69, 9.17) is 23.2 Å². The van der Waals surface area contributed by atoms with Gasteiger partial charge in [0.05, 0.1) is 6.33 Å². The summed E-state index contributed by atoms with van der Waals surface area (Å²) in [7, 11) is 0. The highest BCUT2D eigenvalue weighted by Gasteiger charge is 2.19. The van der Waals surface area contributed by atoms with Crippen LogP contribution < -0.4 is 5.32 Å². The minimum atomic E-state index is 0.165. The molecule has 3 rings (SSSR count). The van der Waals surface area contributed by atoms with Crippen molar-refractivity contribution in [3.05, 3.63) is 16.8 Å². The molecule has 0 aromatic carbocycles. The molecule has 0 spiro atoms. The van der Waals surface area contributed by atoms with Gasteiger partial charge < -0.3 is 9.88 Å². The average Bonchev–Trinajstić information content (AvgIpc) is 2.74. The quantitative estimate of drug-likeness (QED) is 0.637. The Morgan fingerprint density at radius 3 is 2.76 bits per heavy atom. The van der Waals surface area contributed by atoms with Crippen molar-refractivity contribution in [2.75, 3.05) is 13.1 Å². The molecule has 90 valence electrons. The summed E-state index contributed by atoms with van der Waals surface area (Å²) in [6.07, 6.45) is 3.90. The maximum atomic E-state index is 5.99. The zero-order valence-corrected chi connectivity index (χ0v) is 10.5. The van der Waals surface area contributed by atoms with E-state index in [-0.39, 0.29) is 5.28 Å². The van der Waals surface area contributed by atoms with Crippen LogP contribution in [0.15, 0.2) is 6.33 Å². The fraction of sp³-hybridized carbons (Fsp3) is 0.500. The number of nitrogens with one attached hydrogen (secondary N) is 1. The monoisotopic (exact) mass is 271 g/mol. The van der Waals surface area contributed by atoms with E-state index in [0.717, 1.165) is 31.6 Å². The lowest BCUT2D eigenvalue weighted by Crippen LogP contribution is -2.29. The topological polar surface area (TPSA) is 55.6 Å². The first-order chi connectivity index (χ1) is 8.25. The Kier molecular flexibility index (Phi) is 2.90. The van der Waals surface area contributed by atoms with Gasteiger partial charge in [0.2, 0.25) is 5.28 Å². The summed E-state index contributed by atoms with van der Waals surface area (Å²) in [5.74, 6) is 0. The summed E-state index contributed by atoms with van der Waals surface area (Å²) in [4.78, 5) is 12.4. The van der Waals surface area contributed by atoms with Crippen molar-refractivity contribution >= 4 is 34.4 Å². The maximum Gasteiger partial charge on any atom is 0.225 e. The smallest absolute Gasteiger partial charge is 0.225 e. The molecule has 0 atom stereocenters. The molecule has 1 saturated heterocycles. The Hall–Kier alpha value is -0.910. The van der Waals surface area contributed by atoms with Crippen molar-refractivity contribution in [2.45, 2.75) is 18.9 Å². The summed E-state index contributed by atoms with van der Waals surface area (Å²) < 4.78 is 2.05. The molecule has 1 aliphatic rings. The number of fused-ring (bicyclic) bond motifs is 1. The highest BCUT2D eigenvalue weighted by molar-refractivity contribution is 6.35. The van der Waals surface area contributed by atoms with Gasteiger partial charge in [0.15, 0.2) is 10.8 Å². The summed E-state index contributed by atoms with van der Waals surface area (Å²) in [5.41, 5.74) is 1.34. The lowest BCUT2D eigenvalue weighted by atomic mass is 10.1. The average molecular weight is 272 g/mol. The van der Waals surface area contributed by atoms with Crippen LogP contribution in [0.3, 0.4) is 0 Å². The Morgan fingerprint density at radius 2 is 2.00 bits per heavy atom. The molecular weight excluding hydrogens is 261 g/mol. The first kappa shape index (κ1) is 11.2. The number of piperidine rings is 1. The third-order valence-electron chi connectivity index (χ3n) is 3.05. The molecule has 2 aromatic rings. The summed E-state index contributed by atoms with van der Waals surface area (Å²) in [6, 6.07) is 0.406. The minimum Gasteiger partial charge on any atom is -0.317 e. The predicted octanol–water partition coefficient (Wildman–Crippen LogP) is 2.06. The van der Waals surface area contributed by atoms with Crippen LogP contribution >= 0.6 is 23.2 Å². The molecule has 5 nitrogen and oxygen atoms in total. The van der Waals surface area contributed by atoms with Gasteiger partial charge in [-0.1, -0.05) is 11.6 Å². The van der Waals surface area contributed by atoms with Crippen LogP contribution in [0.2, 0.25) is 10.4 Å². The van der Waals surface area contributed by atoms with Crippen molar-refractivity contribution in [1.82, 2.24) is 24.8 Å². The third-order valence-corrected chi connectivity index (χ3v) is 3.49. The highest BCUT2D eigenvalue weighted by Crippen LogP contribution is 2.26. The fourth-order valence-corrected chi connectivity index (χ4v) is 2.63. The van der Waals surface area contributed by atoms with E-state index < -0.39 is 0 Å². The van der Waals surface area contributed by atoms with Crippen LogP contribution in [0.5, 0.6) is 0 Å². The van der Waals surface area contributed by atoms with E-state index in [1.165, 1.54) is 0 Å². The van der Waals surface area contributed by atoms with E-state index in [9.17, 15) is 0 Å². The van der Waals surface area contributed by atoms with Crippen molar-refractivity contribution in [3.63, 3.8) is 0 Å². The van der Waals surface area contributed by atoms with Crippen molar-refractivity contribution in [3.8, 4) is 0 Å². The molecule has 7 heteroatoms. The second-order valence-electron chi connectivity index (χ2n) is 4.09. The van der Waals surface area contributed by atoms with Crippen molar-refractivity contribution < 1.29 is 0 Å². The number of imidazole rings is 1. The molecule has 1 fully saturated rings. The SMILES string of the molecule is Clc1nc(Cl)c2ncn(C3CCNCC3)c2n1. The third kappa shape index (κ3) is 1.99. The van der Waals surface area contributed by atoms with Gasteiger partial charge in [-0.3, -0.25) is 0 Å². The predicted molar refractivity (Wildman–Crippen MR) is 66.5 cm³/mol. The van der Waals surface area contributed by atoms with Gasteiger partial charge in [-0.2, -0.15) is 4.98 Å². The molecule has 0 amide bonds. The number of nitrogens with zero attached hydrogens (tertiary/aromatic N) is 4.